The topological polar surface area (TPSA) is 179 Å². The average molecular weight is 406 g/mol. The highest BCUT2D eigenvalue weighted by Crippen LogP contribution is 2.30. The highest BCUT2D eigenvalue weighted by molar-refractivity contribution is 5.37. The van der Waals surface area contributed by atoms with Crippen LogP contribution < -0.4 is 5.73 Å². The van der Waals surface area contributed by atoms with Crippen LogP contribution in [0.2, 0.25) is 0 Å². The van der Waals surface area contributed by atoms with Gasteiger partial charge in [0.25, 0.3) is 0 Å². The van der Waals surface area contributed by atoms with Gasteiger partial charge in [-0.1, -0.05) is 15.6 Å². The second-order valence-electron chi connectivity index (χ2n) is 6.64. The summed E-state index contributed by atoms with van der Waals surface area (Å²) in [5, 5.41) is 52.0. The molecule has 0 bridgehead atoms. The predicted octanol–water partition coefficient (Wildman–Crippen LogP) is -2.14. The molecule has 0 atom stereocenters. The lowest BCUT2D eigenvalue weighted by molar-refractivity contribution is 0.276. The first-order chi connectivity index (χ1) is 14.1. The molecule has 0 fully saturated rings. The van der Waals surface area contributed by atoms with Crippen molar-refractivity contribution in [3.63, 3.8) is 0 Å². The van der Waals surface area contributed by atoms with E-state index in [0.717, 1.165) is 0 Å². The average Bonchev–Trinajstić information content (AvgIpc) is 3.49. The first-order valence-corrected chi connectivity index (χ1v) is 9.45. The molecule has 0 radical (unpaired) electrons. The molecule has 0 spiro atoms. The van der Waals surface area contributed by atoms with E-state index in [0.29, 0.717) is 56.0 Å². The fraction of sp³-hybridized carbons (Fsp3) is 0.625. The fourth-order valence-corrected chi connectivity index (χ4v) is 2.86. The Hall–Kier alpha value is -2.74. The maximum atomic E-state index is 9.03. The van der Waals surface area contributed by atoms with E-state index in [9.17, 15) is 0 Å². The summed E-state index contributed by atoms with van der Waals surface area (Å²) in [5.41, 5.74) is 6.70. The highest BCUT2D eigenvalue weighted by Gasteiger charge is 2.41. The van der Waals surface area contributed by atoms with Gasteiger partial charge in [-0.05, 0) is 19.3 Å². The van der Waals surface area contributed by atoms with Crippen LogP contribution in [0.5, 0.6) is 0 Å². The summed E-state index contributed by atoms with van der Waals surface area (Å²) in [6.07, 6.45) is 6.68. The molecule has 5 N–H and O–H groups in total. The van der Waals surface area contributed by atoms with E-state index in [4.69, 9.17) is 21.1 Å². The van der Waals surface area contributed by atoms with Gasteiger partial charge in [0.15, 0.2) is 5.54 Å². The van der Waals surface area contributed by atoms with Gasteiger partial charge in [-0.25, -0.2) is 0 Å². The van der Waals surface area contributed by atoms with Gasteiger partial charge < -0.3 is 21.1 Å². The Labute approximate surface area is 166 Å². The van der Waals surface area contributed by atoms with Crippen molar-refractivity contribution in [2.75, 3.05) is 19.8 Å². The number of aliphatic hydroxyl groups is 3. The molecule has 0 aliphatic heterocycles. The summed E-state index contributed by atoms with van der Waals surface area (Å²) in [4.78, 5) is 0. The lowest BCUT2D eigenvalue weighted by Gasteiger charge is -2.21. The Balaban J connectivity index is 1.97. The number of hydrogen-bond acceptors (Lipinski definition) is 10. The smallest absolute Gasteiger partial charge is 0.154 e. The molecule has 0 saturated carbocycles. The number of aromatic nitrogens is 9. The van der Waals surface area contributed by atoms with Crippen LogP contribution >= 0.6 is 0 Å². The SMILES string of the molecule is NC(c1cn(CCCO)nn1)(c1cn(CCCO)nn1)c1cn(CCCO)nn1. The second kappa shape index (κ2) is 9.65. The lowest BCUT2D eigenvalue weighted by atomic mass is 9.90. The first-order valence-electron chi connectivity index (χ1n) is 9.45. The summed E-state index contributed by atoms with van der Waals surface area (Å²) in [5.74, 6) is 0. The molecule has 3 aromatic heterocycles. The van der Waals surface area contributed by atoms with Crippen molar-refractivity contribution in [1.82, 2.24) is 45.0 Å². The zero-order valence-electron chi connectivity index (χ0n) is 16.0. The van der Waals surface area contributed by atoms with E-state index >= 15 is 0 Å². The molecule has 0 aliphatic rings. The third-order valence-electron chi connectivity index (χ3n) is 4.46. The number of aliphatic hydroxyl groups excluding tert-OH is 3. The van der Waals surface area contributed by atoms with Crippen molar-refractivity contribution in [2.45, 2.75) is 44.4 Å². The van der Waals surface area contributed by atoms with Crippen molar-refractivity contribution in [3.05, 3.63) is 35.7 Å². The highest BCUT2D eigenvalue weighted by atomic mass is 16.3. The third kappa shape index (κ3) is 4.64. The minimum Gasteiger partial charge on any atom is -0.396 e. The van der Waals surface area contributed by atoms with E-state index in [1.807, 2.05) is 0 Å². The van der Waals surface area contributed by atoms with Gasteiger partial charge in [0, 0.05) is 39.5 Å². The molecule has 0 saturated heterocycles. The molecule has 0 aromatic carbocycles. The Morgan fingerprint density at radius 3 is 1.24 bits per heavy atom. The van der Waals surface area contributed by atoms with E-state index in [-0.39, 0.29) is 19.8 Å². The van der Waals surface area contributed by atoms with Crippen LogP contribution in [0.3, 0.4) is 0 Å². The molecule has 0 aliphatic carbocycles. The van der Waals surface area contributed by atoms with Gasteiger partial charge in [0.05, 0.1) is 18.6 Å². The molecule has 3 aromatic rings. The fourth-order valence-electron chi connectivity index (χ4n) is 2.86. The van der Waals surface area contributed by atoms with Crippen molar-refractivity contribution in [2.24, 2.45) is 5.73 Å². The standard InChI is InChI=1S/C16H26N10O3/c17-16(13-10-24(21-18-13)4-1-7-27,14-11-25(22-19-14)5-2-8-28)15-12-26(23-20-15)6-3-9-29/h10-12,27-29H,1-9,17H2. The summed E-state index contributed by atoms with van der Waals surface area (Å²) in [6.45, 7) is 1.61. The minimum atomic E-state index is -1.34. The number of hydrogen-bond donors (Lipinski definition) is 4. The predicted molar refractivity (Wildman–Crippen MR) is 99.2 cm³/mol. The molecule has 0 amide bonds. The monoisotopic (exact) mass is 406 g/mol. The maximum absolute atomic E-state index is 9.03. The summed E-state index contributed by atoms with van der Waals surface area (Å²) in [7, 11) is 0. The van der Waals surface area contributed by atoms with Gasteiger partial charge in [0.2, 0.25) is 0 Å². The van der Waals surface area contributed by atoms with Crippen LogP contribution in [-0.2, 0) is 25.2 Å². The summed E-state index contributed by atoms with van der Waals surface area (Å²) >= 11 is 0. The number of aryl methyl sites for hydroxylation is 3. The number of nitrogens with two attached hydrogens (primary N) is 1. The quantitative estimate of drug-likeness (QED) is 0.259. The minimum absolute atomic E-state index is 0.0430. The van der Waals surface area contributed by atoms with Gasteiger partial charge in [0.1, 0.15) is 17.1 Å². The largest absolute Gasteiger partial charge is 0.396 e. The van der Waals surface area contributed by atoms with Crippen LogP contribution in [0.15, 0.2) is 18.6 Å². The van der Waals surface area contributed by atoms with Crippen molar-refractivity contribution in [3.8, 4) is 0 Å². The third-order valence-corrected chi connectivity index (χ3v) is 4.46. The van der Waals surface area contributed by atoms with Crippen molar-refractivity contribution >= 4 is 0 Å². The Bertz CT molecular complexity index is 776. The van der Waals surface area contributed by atoms with Gasteiger partial charge in [-0.15, -0.1) is 15.3 Å². The number of rotatable bonds is 12. The van der Waals surface area contributed by atoms with E-state index in [1.165, 1.54) is 0 Å². The molecule has 13 nitrogen and oxygen atoms in total. The normalized spacial score (nSPS) is 12.0. The molecular formula is C16H26N10O3. The molecule has 3 rings (SSSR count). The van der Waals surface area contributed by atoms with Gasteiger partial charge in [-0.2, -0.15) is 0 Å². The Kier molecular flexibility index (Phi) is 6.98. The van der Waals surface area contributed by atoms with Crippen LogP contribution in [0.1, 0.15) is 36.3 Å². The summed E-state index contributed by atoms with van der Waals surface area (Å²) in [6, 6.07) is 0. The van der Waals surface area contributed by atoms with E-state index < -0.39 is 5.54 Å². The van der Waals surface area contributed by atoms with Crippen LogP contribution in [0, 0.1) is 0 Å². The molecule has 158 valence electrons. The Morgan fingerprint density at radius 2 is 0.966 bits per heavy atom. The molecule has 29 heavy (non-hydrogen) atoms. The summed E-state index contributed by atoms with van der Waals surface area (Å²) < 4.78 is 4.79. The zero-order valence-corrected chi connectivity index (χ0v) is 16.0. The molecular weight excluding hydrogens is 380 g/mol. The van der Waals surface area contributed by atoms with Gasteiger partial charge in [-0.3, -0.25) is 14.0 Å². The Morgan fingerprint density at radius 1 is 0.655 bits per heavy atom. The molecule has 3 heterocycles. The van der Waals surface area contributed by atoms with Crippen molar-refractivity contribution < 1.29 is 15.3 Å². The van der Waals surface area contributed by atoms with Crippen molar-refractivity contribution in [1.29, 1.82) is 0 Å². The van der Waals surface area contributed by atoms with E-state index in [1.54, 1.807) is 32.6 Å². The maximum Gasteiger partial charge on any atom is 0.154 e. The molecule has 13 heteroatoms. The van der Waals surface area contributed by atoms with Crippen LogP contribution in [-0.4, -0.2) is 80.1 Å². The number of nitrogens with zero attached hydrogens (tertiary/aromatic N) is 9. The lowest BCUT2D eigenvalue weighted by Crippen LogP contribution is -2.40. The van der Waals surface area contributed by atoms with Crippen LogP contribution in [0.25, 0.3) is 0 Å². The van der Waals surface area contributed by atoms with E-state index in [2.05, 4.69) is 30.9 Å². The second-order valence-corrected chi connectivity index (χ2v) is 6.64. The zero-order chi connectivity index (χ0) is 20.7. The first kappa shape index (κ1) is 21.0. The molecule has 0 unspecified atom stereocenters. The van der Waals surface area contributed by atoms with Gasteiger partial charge >= 0.3 is 0 Å². The van der Waals surface area contributed by atoms with Crippen LogP contribution in [0.4, 0.5) is 0 Å².